The van der Waals surface area contributed by atoms with Crippen molar-refractivity contribution in [3.63, 3.8) is 0 Å². The Labute approximate surface area is 554 Å². The van der Waals surface area contributed by atoms with Crippen LogP contribution in [0.2, 0.25) is 0 Å². The van der Waals surface area contributed by atoms with Gasteiger partial charge in [0, 0.05) is 52.0 Å². The van der Waals surface area contributed by atoms with E-state index in [1.165, 1.54) is 0 Å². The van der Waals surface area contributed by atoms with Crippen LogP contribution < -0.4 is 9.47 Å². The van der Waals surface area contributed by atoms with E-state index in [9.17, 15) is 10.5 Å². The molecule has 0 aliphatic rings. The van der Waals surface area contributed by atoms with Gasteiger partial charge in [0.15, 0.2) is 0 Å². The average molecular weight is 1300 g/mol. The van der Waals surface area contributed by atoms with Crippen LogP contribution in [0, 0.1) is 22.7 Å². The molecule has 0 unspecified atom stereocenters. The van der Waals surface area contributed by atoms with Crippen LogP contribution >= 0.6 is 0 Å². The summed E-state index contributed by atoms with van der Waals surface area (Å²) < 4.78 is 105. The summed E-state index contributed by atoms with van der Waals surface area (Å²) in [6.07, 6.45) is 13.6. The number of methoxy groups -OCH3 is 4. The zero-order valence-electron chi connectivity index (χ0n) is 54.9. The molecule has 3 aromatic carbocycles. The highest BCUT2D eigenvalue weighted by molar-refractivity contribution is 5.89. The zero-order valence-corrected chi connectivity index (χ0v) is 54.9. The van der Waals surface area contributed by atoms with E-state index in [1.54, 1.807) is 53.0 Å². The largest absolute Gasteiger partial charge is 0.485 e. The third-order valence-corrected chi connectivity index (χ3v) is 13.2. The number of nitrogens with zero attached hydrogens (tertiary/aromatic N) is 4. The molecule has 2 heterocycles. The Morgan fingerprint density at radius 1 is 0.340 bits per heavy atom. The van der Waals surface area contributed by atoms with Gasteiger partial charge in [0.05, 0.1) is 208 Å². The van der Waals surface area contributed by atoms with Crippen LogP contribution in [0.25, 0.3) is 47.6 Å². The third-order valence-electron chi connectivity index (χ3n) is 13.2. The SMILES string of the molecule is COCCOCCOCCOCC(COCCOCCOCCOC)Oc1cc(/C=C/c2ccc(/C=C(\C#N)c3ccccn3)cc2)c(OC(COCCOCCOCCOC)COCCOCCOCCOC)cc1/C=C/c1ccc(/C=C(\C#N)c2ccccn2)cc1. The molecule has 0 bridgehead atoms. The fraction of sp³-hybridized carbons (Fsp3) is 0.472. The van der Waals surface area contributed by atoms with E-state index in [4.69, 9.17) is 85.3 Å². The van der Waals surface area contributed by atoms with Gasteiger partial charge >= 0.3 is 0 Å². The number of hydrogen-bond acceptors (Lipinski definition) is 22. The number of benzene rings is 3. The summed E-state index contributed by atoms with van der Waals surface area (Å²) in [6, 6.07) is 35.0. The molecule has 0 aliphatic carbocycles. The quantitative estimate of drug-likeness (QED) is 0.0200. The summed E-state index contributed by atoms with van der Waals surface area (Å²) in [5.74, 6) is 0.996. The standard InChI is InChI=1S/C72H94N4O18/c1-77-25-29-81-33-37-85-41-45-89-55-67(56-90-46-42-86-38-34-82-30-26-78-2)93-71-51-64(22-20-60-13-17-62(18-14-60)50-66(54-74)70-10-6-8-24-76-70)72(52-63(71)21-19-59-11-15-61(16-12-59)49-65(53-73)69-9-5-7-23-75-69)94-68(57-91-47-43-87-39-35-83-31-27-79-3)58-92-48-44-88-40-36-84-32-28-80-4/h5-24,49-52,67-68H,25-48,55-58H2,1-4H3/b21-19+,22-20+,65-49+,66-50+. The first-order valence-corrected chi connectivity index (χ1v) is 31.5. The molecule has 0 aliphatic heterocycles. The van der Waals surface area contributed by atoms with Crippen molar-refractivity contribution in [3.8, 4) is 23.6 Å². The lowest BCUT2D eigenvalue weighted by atomic mass is 10.0. The lowest BCUT2D eigenvalue weighted by Gasteiger charge is -2.24. The number of ether oxygens (including phenoxy) is 18. The minimum atomic E-state index is -0.622. The molecule has 0 fully saturated rings. The molecule has 0 amide bonds. The van der Waals surface area contributed by atoms with Crippen molar-refractivity contribution in [2.24, 2.45) is 0 Å². The molecule has 22 heteroatoms. The van der Waals surface area contributed by atoms with Crippen molar-refractivity contribution < 1.29 is 85.3 Å². The molecular formula is C72H94N4O18. The van der Waals surface area contributed by atoms with Crippen molar-refractivity contribution in [3.05, 3.63) is 154 Å². The van der Waals surface area contributed by atoms with Gasteiger partial charge in [-0.25, -0.2) is 0 Å². The van der Waals surface area contributed by atoms with Crippen LogP contribution in [0.1, 0.15) is 44.8 Å². The van der Waals surface area contributed by atoms with Gasteiger partial charge in [0.2, 0.25) is 0 Å². The molecule has 94 heavy (non-hydrogen) atoms. The number of allylic oxidation sites excluding steroid dienone is 2. The highest BCUT2D eigenvalue weighted by Gasteiger charge is 2.20. The average Bonchev–Trinajstić information content (AvgIpc) is 0.880. The molecule has 22 nitrogen and oxygen atoms in total. The first kappa shape index (κ1) is 77.6. The fourth-order valence-electron chi connectivity index (χ4n) is 8.32. The van der Waals surface area contributed by atoms with Crippen LogP contribution in [-0.4, -0.2) is 236 Å². The molecule has 0 N–H and O–H groups in total. The van der Waals surface area contributed by atoms with Gasteiger partial charge in [0.25, 0.3) is 0 Å². The Balaban J connectivity index is 1.53. The van der Waals surface area contributed by atoms with Crippen molar-refractivity contribution in [1.82, 2.24) is 9.97 Å². The predicted octanol–water partition coefficient (Wildman–Crippen LogP) is 9.23. The maximum absolute atomic E-state index is 10.0. The number of pyridine rings is 2. The highest BCUT2D eigenvalue weighted by atomic mass is 16.6. The van der Waals surface area contributed by atoms with Crippen LogP contribution in [0.5, 0.6) is 11.5 Å². The third kappa shape index (κ3) is 34.8. The molecule has 510 valence electrons. The first-order valence-electron chi connectivity index (χ1n) is 31.5. The van der Waals surface area contributed by atoms with Gasteiger partial charge in [0.1, 0.15) is 35.8 Å². The van der Waals surface area contributed by atoms with Gasteiger partial charge in [-0.3, -0.25) is 9.97 Å². The fourth-order valence-corrected chi connectivity index (χ4v) is 8.32. The molecule has 0 saturated carbocycles. The van der Waals surface area contributed by atoms with Crippen molar-refractivity contribution in [1.29, 1.82) is 10.5 Å². The molecule has 0 radical (unpaired) electrons. The molecular weight excluding hydrogens is 1210 g/mol. The Hall–Kier alpha value is -7.14. The summed E-state index contributed by atoms with van der Waals surface area (Å²) in [4.78, 5) is 8.75. The van der Waals surface area contributed by atoms with E-state index in [0.29, 0.717) is 177 Å². The summed E-state index contributed by atoms with van der Waals surface area (Å²) in [5, 5.41) is 20.1. The Kier molecular flexibility index (Phi) is 43.1. The minimum absolute atomic E-state index is 0.146. The van der Waals surface area contributed by atoms with E-state index >= 15 is 0 Å². The topological polar surface area (TPSA) is 239 Å². The molecule has 2 aromatic heterocycles. The summed E-state index contributed by atoms with van der Waals surface area (Å²) in [6.45, 7) is 10.2. The van der Waals surface area contributed by atoms with Crippen LogP contribution in [0.4, 0.5) is 0 Å². The summed E-state index contributed by atoms with van der Waals surface area (Å²) in [7, 11) is 6.52. The van der Waals surface area contributed by atoms with Crippen molar-refractivity contribution >= 4 is 47.6 Å². The second-order valence-electron chi connectivity index (χ2n) is 20.3. The van der Waals surface area contributed by atoms with Crippen LogP contribution in [0.15, 0.2) is 109 Å². The number of rotatable bonds is 56. The Morgan fingerprint density at radius 2 is 0.606 bits per heavy atom. The van der Waals surface area contributed by atoms with Gasteiger partial charge in [-0.2, -0.15) is 10.5 Å². The van der Waals surface area contributed by atoms with Gasteiger partial charge in [-0.15, -0.1) is 0 Å². The zero-order chi connectivity index (χ0) is 66.4. The first-order chi connectivity index (χ1) is 46.5. The molecule has 0 saturated heterocycles. The van der Waals surface area contributed by atoms with Crippen LogP contribution in [0.3, 0.4) is 0 Å². The summed E-state index contributed by atoms with van der Waals surface area (Å²) >= 11 is 0. The lowest BCUT2D eigenvalue weighted by molar-refractivity contribution is -0.0415. The maximum Gasteiger partial charge on any atom is 0.145 e. The second kappa shape index (κ2) is 52.2. The maximum atomic E-state index is 10.0. The molecule has 5 aromatic rings. The Morgan fingerprint density at radius 3 is 0.862 bits per heavy atom. The van der Waals surface area contributed by atoms with E-state index in [2.05, 4.69) is 22.1 Å². The van der Waals surface area contributed by atoms with Crippen LogP contribution in [-0.2, 0) is 75.8 Å². The number of hydrogen-bond donors (Lipinski definition) is 0. The van der Waals surface area contributed by atoms with Gasteiger partial charge in [-0.05, 0) is 70.8 Å². The van der Waals surface area contributed by atoms with Gasteiger partial charge in [-0.1, -0.05) is 85.0 Å². The molecule has 0 spiro atoms. The lowest BCUT2D eigenvalue weighted by Crippen LogP contribution is -2.31. The van der Waals surface area contributed by atoms with Crippen molar-refractivity contribution in [2.45, 2.75) is 12.2 Å². The van der Waals surface area contributed by atoms with E-state index < -0.39 is 12.2 Å². The second-order valence-corrected chi connectivity index (χ2v) is 20.3. The molecule has 5 rings (SSSR count). The summed E-state index contributed by atoms with van der Waals surface area (Å²) in [5.41, 5.74) is 6.77. The monoisotopic (exact) mass is 1300 g/mol. The smallest absolute Gasteiger partial charge is 0.145 e. The number of nitriles is 2. The van der Waals surface area contributed by atoms with E-state index in [1.807, 2.05) is 121 Å². The predicted molar refractivity (Wildman–Crippen MR) is 359 cm³/mol. The minimum Gasteiger partial charge on any atom is -0.485 e. The van der Waals surface area contributed by atoms with E-state index in [0.717, 1.165) is 22.3 Å². The van der Waals surface area contributed by atoms with Crippen molar-refractivity contribution in [2.75, 3.05) is 213 Å². The normalized spacial score (nSPS) is 12.0. The number of aromatic nitrogens is 2. The van der Waals surface area contributed by atoms with E-state index in [-0.39, 0.29) is 52.9 Å². The molecule has 0 atom stereocenters. The van der Waals surface area contributed by atoms with Gasteiger partial charge < -0.3 is 85.3 Å². The highest BCUT2D eigenvalue weighted by Crippen LogP contribution is 2.34. The Bertz CT molecular complexity index is 2690.